The highest BCUT2D eigenvalue weighted by Crippen LogP contribution is 2.67. The smallest absolute Gasteiger partial charge is 0.302 e. The Labute approximate surface area is 179 Å². The fourth-order valence-electron chi connectivity index (χ4n) is 7.98. The van der Waals surface area contributed by atoms with Gasteiger partial charge in [-0.15, -0.1) is 0 Å². The van der Waals surface area contributed by atoms with Gasteiger partial charge in [0, 0.05) is 24.8 Å². The zero-order valence-electron chi connectivity index (χ0n) is 19.0. The number of allylic oxidation sites excluding steroid dienone is 1. The molecule has 0 aromatic heterocycles. The average Bonchev–Trinajstić information content (AvgIpc) is 3.01. The van der Waals surface area contributed by atoms with Crippen molar-refractivity contribution in [2.24, 2.45) is 34.5 Å². The van der Waals surface area contributed by atoms with Crippen molar-refractivity contribution in [3.63, 3.8) is 0 Å². The Morgan fingerprint density at radius 2 is 1.63 bits per heavy atom. The zero-order chi connectivity index (χ0) is 21.8. The molecule has 30 heavy (non-hydrogen) atoms. The molecule has 0 radical (unpaired) electrons. The highest BCUT2D eigenvalue weighted by Gasteiger charge is 2.63. The van der Waals surface area contributed by atoms with Gasteiger partial charge in [-0.25, -0.2) is 0 Å². The molecule has 4 aliphatic carbocycles. The van der Waals surface area contributed by atoms with Crippen LogP contribution >= 0.6 is 0 Å². The summed E-state index contributed by atoms with van der Waals surface area (Å²) in [6.45, 7) is 9.20. The molecule has 0 bridgehead atoms. The van der Waals surface area contributed by atoms with Crippen LogP contribution in [0.2, 0.25) is 0 Å². The molecule has 0 amide bonds. The summed E-state index contributed by atoms with van der Waals surface area (Å²) in [5.41, 5.74) is 0.651. The van der Waals surface area contributed by atoms with E-state index in [0.29, 0.717) is 23.7 Å². The monoisotopic (exact) mass is 416 g/mol. The van der Waals surface area contributed by atoms with E-state index in [1.54, 1.807) is 6.92 Å². The lowest BCUT2D eigenvalue weighted by Gasteiger charge is -2.62. The molecule has 8 atom stereocenters. The van der Waals surface area contributed by atoms with Gasteiger partial charge in [0.2, 0.25) is 0 Å². The van der Waals surface area contributed by atoms with E-state index in [1.165, 1.54) is 13.8 Å². The number of Topliss-reactive ketones (excluding diaryl/α,β-unsaturated/α-hetero) is 1. The van der Waals surface area contributed by atoms with Crippen LogP contribution in [0.3, 0.4) is 0 Å². The van der Waals surface area contributed by atoms with E-state index in [1.807, 2.05) is 0 Å². The molecule has 0 aromatic rings. The van der Waals surface area contributed by atoms with Gasteiger partial charge in [0.1, 0.15) is 12.2 Å². The van der Waals surface area contributed by atoms with Crippen LogP contribution in [0.1, 0.15) is 79.6 Å². The molecule has 3 saturated carbocycles. The molecule has 0 spiro atoms. The number of hydrogen-bond donors (Lipinski definition) is 0. The summed E-state index contributed by atoms with van der Waals surface area (Å²) in [6.07, 6.45) is 8.82. The lowest BCUT2D eigenvalue weighted by atomic mass is 9.44. The zero-order valence-corrected chi connectivity index (χ0v) is 19.0. The number of fused-ring (bicyclic) bond motifs is 5. The minimum absolute atomic E-state index is 0.0349. The second-order valence-corrected chi connectivity index (χ2v) is 10.7. The summed E-state index contributed by atoms with van der Waals surface area (Å²) in [5.74, 6) is 1.55. The topological polar surface area (TPSA) is 69.7 Å². The Hall–Kier alpha value is -1.65. The van der Waals surface area contributed by atoms with Crippen molar-refractivity contribution in [2.75, 3.05) is 0 Å². The first-order valence-electron chi connectivity index (χ1n) is 11.6. The molecule has 0 aliphatic heterocycles. The van der Waals surface area contributed by atoms with Gasteiger partial charge >= 0.3 is 11.9 Å². The van der Waals surface area contributed by atoms with E-state index in [9.17, 15) is 14.4 Å². The maximum atomic E-state index is 12.5. The molecule has 5 heteroatoms. The molecule has 0 saturated heterocycles. The van der Waals surface area contributed by atoms with Gasteiger partial charge in [-0.1, -0.05) is 19.9 Å². The number of ether oxygens (including phenoxy) is 2. The SMILES string of the molecule is CC(=O)O[C@@H]1CC[C@@]2(C)[C@@H](CC[C@@H]3[C@@H]2C[C@@H](OC(C)=O)[C@]2(C)C(C(C)=O)=CC[C@@H]32)C1. The molecule has 5 nitrogen and oxygen atoms in total. The quantitative estimate of drug-likeness (QED) is 0.628. The number of ketones is 1. The summed E-state index contributed by atoms with van der Waals surface area (Å²) in [6, 6.07) is 0. The number of carbonyl (C=O) groups is 3. The van der Waals surface area contributed by atoms with Crippen molar-refractivity contribution in [3.8, 4) is 0 Å². The van der Waals surface area contributed by atoms with Gasteiger partial charge in [-0.05, 0) is 81.0 Å². The van der Waals surface area contributed by atoms with E-state index >= 15 is 0 Å². The highest BCUT2D eigenvalue weighted by molar-refractivity contribution is 5.95. The van der Waals surface area contributed by atoms with E-state index in [2.05, 4.69) is 19.9 Å². The first-order valence-corrected chi connectivity index (χ1v) is 11.6. The number of rotatable bonds is 3. The Morgan fingerprint density at radius 1 is 0.933 bits per heavy atom. The first kappa shape index (κ1) is 21.6. The standard InChI is InChI=1S/C25H36O5/c1-14(26)20-8-9-21-19-7-6-17-12-18(29-15(2)27)10-11-24(17,4)22(19)13-23(25(20,21)5)30-16(3)28/h8,17-19,21-23H,6-7,9-13H2,1-5H3/t17-,18+,19-,21-,22-,23+,24-,25+/m0/s1. The average molecular weight is 417 g/mol. The third-order valence-electron chi connectivity index (χ3n) is 9.30. The number of carbonyl (C=O) groups excluding carboxylic acids is 3. The number of esters is 2. The Balaban J connectivity index is 1.64. The van der Waals surface area contributed by atoms with Crippen LogP contribution in [-0.2, 0) is 23.9 Å². The van der Waals surface area contributed by atoms with Gasteiger partial charge in [-0.3, -0.25) is 14.4 Å². The minimum atomic E-state index is -0.378. The second-order valence-electron chi connectivity index (χ2n) is 10.7. The van der Waals surface area contributed by atoms with Crippen molar-refractivity contribution in [1.29, 1.82) is 0 Å². The largest absolute Gasteiger partial charge is 0.463 e. The Morgan fingerprint density at radius 3 is 2.27 bits per heavy atom. The van der Waals surface area contributed by atoms with E-state index in [-0.39, 0.29) is 40.8 Å². The number of hydrogen-bond acceptors (Lipinski definition) is 5. The molecule has 0 N–H and O–H groups in total. The van der Waals surface area contributed by atoms with E-state index in [0.717, 1.165) is 50.5 Å². The van der Waals surface area contributed by atoms with Crippen molar-refractivity contribution >= 4 is 17.7 Å². The van der Waals surface area contributed by atoms with Gasteiger partial charge in [0.25, 0.3) is 0 Å². The second kappa shape index (κ2) is 7.49. The van der Waals surface area contributed by atoms with Gasteiger partial charge in [0.05, 0.1) is 0 Å². The molecule has 4 rings (SSSR count). The summed E-state index contributed by atoms with van der Waals surface area (Å²) in [4.78, 5) is 35.9. The van der Waals surface area contributed by atoms with Crippen LogP contribution in [0.25, 0.3) is 0 Å². The van der Waals surface area contributed by atoms with Crippen LogP contribution in [-0.4, -0.2) is 29.9 Å². The normalized spacial score (nSPS) is 44.8. The summed E-state index contributed by atoms with van der Waals surface area (Å²) >= 11 is 0. The maximum Gasteiger partial charge on any atom is 0.302 e. The molecule has 0 unspecified atom stereocenters. The molecule has 0 heterocycles. The van der Waals surface area contributed by atoms with Crippen LogP contribution in [0, 0.1) is 34.5 Å². The van der Waals surface area contributed by atoms with Crippen molar-refractivity contribution in [3.05, 3.63) is 11.6 Å². The fraction of sp³-hybridized carbons (Fsp3) is 0.800. The molecule has 3 fully saturated rings. The highest BCUT2D eigenvalue weighted by atomic mass is 16.5. The Kier molecular flexibility index (Phi) is 5.39. The molecular formula is C25H36O5. The predicted octanol–water partition coefficient (Wildman–Crippen LogP) is 4.63. The minimum Gasteiger partial charge on any atom is -0.463 e. The molecular weight excluding hydrogens is 380 g/mol. The summed E-state index contributed by atoms with van der Waals surface area (Å²) in [7, 11) is 0. The molecule has 0 aromatic carbocycles. The first-order chi connectivity index (χ1) is 14.1. The van der Waals surface area contributed by atoms with Gasteiger partial charge in [0.15, 0.2) is 5.78 Å². The van der Waals surface area contributed by atoms with Crippen LogP contribution in [0.15, 0.2) is 11.6 Å². The maximum absolute atomic E-state index is 12.5. The van der Waals surface area contributed by atoms with E-state index in [4.69, 9.17) is 9.47 Å². The summed E-state index contributed by atoms with van der Waals surface area (Å²) < 4.78 is 11.5. The molecule has 4 aliphatic rings. The van der Waals surface area contributed by atoms with Crippen molar-refractivity contribution < 1.29 is 23.9 Å². The van der Waals surface area contributed by atoms with Crippen LogP contribution in [0.4, 0.5) is 0 Å². The van der Waals surface area contributed by atoms with Gasteiger partial charge < -0.3 is 9.47 Å². The lowest BCUT2D eigenvalue weighted by Crippen LogP contribution is -2.59. The van der Waals surface area contributed by atoms with E-state index < -0.39 is 0 Å². The third-order valence-corrected chi connectivity index (χ3v) is 9.30. The lowest BCUT2D eigenvalue weighted by molar-refractivity contribution is -0.185. The fourth-order valence-corrected chi connectivity index (χ4v) is 7.98. The van der Waals surface area contributed by atoms with Crippen molar-refractivity contribution in [1.82, 2.24) is 0 Å². The van der Waals surface area contributed by atoms with Crippen LogP contribution in [0.5, 0.6) is 0 Å². The Bertz CT molecular complexity index is 784. The predicted molar refractivity (Wildman–Crippen MR) is 112 cm³/mol. The van der Waals surface area contributed by atoms with Gasteiger partial charge in [-0.2, -0.15) is 0 Å². The third kappa shape index (κ3) is 3.23. The molecule has 166 valence electrons. The van der Waals surface area contributed by atoms with Crippen molar-refractivity contribution in [2.45, 2.75) is 91.8 Å². The summed E-state index contributed by atoms with van der Waals surface area (Å²) in [5, 5.41) is 0. The van der Waals surface area contributed by atoms with Crippen LogP contribution < -0.4 is 0 Å².